The predicted molar refractivity (Wildman–Crippen MR) is 66.0 cm³/mol. The van der Waals surface area contributed by atoms with Crippen LogP contribution in [0, 0.1) is 0 Å². The minimum absolute atomic E-state index is 0.693. The lowest BCUT2D eigenvalue weighted by Gasteiger charge is -2.17. The van der Waals surface area contributed by atoms with Crippen molar-refractivity contribution in [2.45, 2.75) is 13.3 Å². The standard InChI is InChI=1S/C11H20N4O/c1-4-5-12-10-8-11(14-9-13-10)15(2)6-7-16-3/h8-9H,4-7H2,1-3H3,(H,12,13,14). The van der Waals surface area contributed by atoms with Gasteiger partial charge in [0, 0.05) is 33.3 Å². The van der Waals surface area contributed by atoms with Crippen LogP contribution in [0.2, 0.25) is 0 Å². The monoisotopic (exact) mass is 224 g/mol. The van der Waals surface area contributed by atoms with Gasteiger partial charge in [0.2, 0.25) is 0 Å². The van der Waals surface area contributed by atoms with E-state index in [4.69, 9.17) is 4.74 Å². The van der Waals surface area contributed by atoms with Crippen LogP contribution in [-0.2, 0) is 4.74 Å². The molecule has 0 aliphatic rings. The van der Waals surface area contributed by atoms with E-state index < -0.39 is 0 Å². The van der Waals surface area contributed by atoms with Crippen molar-refractivity contribution in [1.29, 1.82) is 0 Å². The molecule has 0 fully saturated rings. The lowest BCUT2D eigenvalue weighted by Crippen LogP contribution is -2.23. The smallest absolute Gasteiger partial charge is 0.133 e. The van der Waals surface area contributed by atoms with E-state index in [1.165, 1.54) is 0 Å². The predicted octanol–water partition coefficient (Wildman–Crippen LogP) is 1.38. The zero-order chi connectivity index (χ0) is 11.8. The van der Waals surface area contributed by atoms with E-state index in [1.54, 1.807) is 13.4 Å². The Morgan fingerprint density at radius 2 is 2.25 bits per heavy atom. The van der Waals surface area contributed by atoms with E-state index in [1.807, 2.05) is 18.0 Å². The molecule has 1 aromatic heterocycles. The third kappa shape index (κ3) is 4.02. The fourth-order valence-corrected chi connectivity index (χ4v) is 1.25. The van der Waals surface area contributed by atoms with Gasteiger partial charge in [0.15, 0.2) is 0 Å². The fourth-order valence-electron chi connectivity index (χ4n) is 1.25. The van der Waals surface area contributed by atoms with Gasteiger partial charge in [-0.1, -0.05) is 6.92 Å². The average molecular weight is 224 g/mol. The molecule has 0 saturated heterocycles. The van der Waals surface area contributed by atoms with Gasteiger partial charge in [0.05, 0.1) is 6.61 Å². The fraction of sp³-hybridized carbons (Fsp3) is 0.636. The van der Waals surface area contributed by atoms with Crippen molar-refractivity contribution in [3.63, 3.8) is 0 Å². The van der Waals surface area contributed by atoms with Crippen molar-refractivity contribution in [2.75, 3.05) is 44.1 Å². The molecule has 0 unspecified atom stereocenters. The van der Waals surface area contributed by atoms with Crippen molar-refractivity contribution < 1.29 is 4.74 Å². The van der Waals surface area contributed by atoms with Crippen LogP contribution in [0.4, 0.5) is 11.6 Å². The van der Waals surface area contributed by atoms with E-state index in [0.29, 0.717) is 6.61 Å². The minimum Gasteiger partial charge on any atom is -0.383 e. The number of hydrogen-bond donors (Lipinski definition) is 1. The maximum Gasteiger partial charge on any atom is 0.133 e. The Kier molecular flexibility index (Phi) is 5.56. The summed E-state index contributed by atoms with van der Waals surface area (Å²) in [6.07, 6.45) is 2.66. The van der Waals surface area contributed by atoms with Gasteiger partial charge in [-0.3, -0.25) is 0 Å². The Morgan fingerprint density at radius 1 is 1.44 bits per heavy atom. The Labute approximate surface area is 96.8 Å². The van der Waals surface area contributed by atoms with Gasteiger partial charge in [0.1, 0.15) is 18.0 Å². The first-order valence-corrected chi connectivity index (χ1v) is 5.54. The number of anilines is 2. The molecule has 1 rings (SSSR count). The van der Waals surface area contributed by atoms with Crippen molar-refractivity contribution in [2.24, 2.45) is 0 Å². The van der Waals surface area contributed by atoms with Crippen LogP contribution in [0.15, 0.2) is 12.4 Å². The number of aromatic nitrogens is 2. The van der Waals surface area contributed by atoms with Crippen LogP contribution >= 0.6 is 0 Å². The highest BCUT2D eigenvalue weighted by Gasteiger charge is 2.03. The molecular formula is C11H20N4O. The molecule has 0 saturated carbocycles. The molecule has 0 bridgehead atoms. The maximum atomic E-state index is 5.03. The highest BCUT2D eigenvalue weighted by atomic mass is 16.5. The summed E-state index contributed by atoms with van der Waals surface area (Å²) in [6, 6.07) is 1.95. The molecule has 5 heteroatoms. The third-order valence-corrected chi connectivity index (χ3v) is 2.23. The molecule has 1 aromatic rings. The first-order valence-electron chi connectivity index (χ1n) is 5.54. The van der Waals surface area contributed by atoms with Gasteiger partial charge < -0.3 is 15.0 Å². The van der Waals surface area contributed by atoms with Crippen molar-refractivity contribution in [1.82, 2.24) is 9.97 Å². The molecule has 0 aliphatic carbocycles. The Hall–Kier alpha value is -1.36. The molecule has 0 amide bonds. The number of likely N-dealkylation sites (N-methyl/N-ethyl adjacent to an activating group) is 1. The topological polar surface area (TPSA) is 50.3 Å². The van der Waals surface area contributed by atoms with Gasteiger partial charge in [-0.05, 0) is 6.42 Å². The molecule has 5 nitrogen and oxygen atoms in total. The number of methoxy groups -OCH3 is 1. The first-order chi connectivity index (χ1) is 7.77. The number of nitrogens with zero attached hydrogens (tertiary/aromatic N) is 3. The molecule has 0 aliphatic heterocycles. The lowest BCUT2D eigenvalue weighted by atomic mass is 10.4. The number of hydrogen-bond acceptors (Lipinski definition) is 5. The zero-order valence-electron chi connectivity index (χ0n) is 10.2. The van der Waals surface area contributed by atoms with E-state index in [2.05, 4.69) is 22.2 Å². The lowest BCUT2D eigenvalue weighted by molar-refractivity contribution is 0.206. The molecule has 1 N–H and O–H groups in total. The van der Waals surface area contributed by atoms with E-state index in [0.717, 1.165) is 31.1 Å². The minimum atomic E-state index is 0.693. The SMILES string of the molecule is CCCNc1cc(N(C)CCOC)ncn1. The normalized spacial score (nSPS) is 10.2. The number of ether oxygens (including phenoxy) is 1. The summed E-state index contributed by atoms with van der Waals surface area (Å²) < 4.78 is 5.03. The first kappa shape index (κ1) is 12.7. The summed E-state index contributed by atoms with van der Waals surface area (Å²) in [5, 5.41) is 3.24. The number of rotatable bonds is 7. The Morgan fingerprint density at radius 3 is 2.94 bits per heavy atom. The van der Waals surface area contributed by atoms with Crippen LogP contribution < -0.4 is 10.2 Å². The second-order valence-corrected chi connectivity index (χ2v) is 3.60. The summed E-state index contributed by atoms with van der Waals surface area (Å²) in [7, 11) is 3.69. The molecule has 0 atom stereocenters. The van der Waals surface area contributed by atoms with Crippen molar-refractivity contribution >= 4 is 11.6 Å². The molecule has 90 valence electrons. The Balaban J connectivity index is 2.58. The number of nitrogens with one attached hydrogen (secondary N) is 1. The van der Waals surface area contributed by atoms with Gasteiger partial charge in [-0.2, -0.15) is 0 Å². The van der Waals surface area contributed by atoms with Crippen LogP contribution in [0.5, 0.6) is 0 Å². The van der Waals surface area contributed by atoms with Crippen molar-refractivity contribution in [3.05, 3.63) is 12.4 Å². The highest BCUT2D eigenvalue weighted by molar-refractivity contribution is 5.47. The van der Waals surface area contributed by atoms with Crippen LogP contribution in [-0.4, -0.2) is 43.8 Å². The highest BCUT2D eigenvalue weighted by Crippen LogP contribution is 2.12. The Bertz CT molecular complexity index is 306. The molecular weight excluding hydrogens is 204 g/mol. The van der Waals surface area contributed by atoms with Crippen molar-refractivity contribution in [3.8, 4) is 0 Å². The zero-order valence-corrected chi connectivity index (χ0v) is 10.2. The van der Waals surface area contributed by atoms with E-state index in [-0.39, 0.29) is 0 Å². The van der Waals surface area contributed by atoms with Crippen LogP contribution in [0.25, 0.3) is 0 Å². The second-order valence-electron chi connectivity index (χ2n) is 3.60. The van der Waals surface area contributed by atoms with E-state index in [9.17, 15) is 0 Å². The molecule has 0 aromatic carbocycles. The summed E-state index contributed by atoms with van der Waals surface area (Å²) in [5.41, 5.74) is 0. The van der Waals surface area contributed by atoms with Gasteiger partial charge in [-0.15, -0.1) is 0 Å². The largest absolute Gasteiger partial charge is 0.383 e. The molecule has 16 heavy (non-hydrogen) atoms. The molecule has 0 radical (unpaired) electrons. The van der Waals surface area contributed by atoms with Gasteiger partial charge in [-0.25, -0.2) is 9.97 Å². The summed E-state index contributed by atoms with van der Waals surface area (Å²) in [6.45, 7) is 4.57. The maximum absolute atomic E-state index is 5.03. The molecule has 0 spiro atoms. The van der Waals surface area contributed by atoms with E-state index >= 15 is 0 Å². The van der Waals surface area contributed by atoms with Crippen LogP contribution in [0.1, 0.15) is 13.3 Å². The van der Waals surface area contributed by atoms with Crippen LogP contribution in [0.3, 0.4) is 0 Å². The average Bonchev–Trinajstić information content (AvgIpc) is 2.33. The quantitative estimate of drug-likeness (QED) is 0.758. The summed E-state index contributed by atoms with van der Waals surface area (Å²) >= 11 is 0. The second kappa shape index (κ2) is 7.00. The van der Waals surface area contributed by atoms with Gasteiger partial charge >= 0.3 is 0 Å². The summed E-state index contributed by atoms with van der Waals surface area (Å²) in [5.74, 6) is 1.78. The third-order valence-electron chi connectivity index (χ3n) is 2.23. The molecule has 1 heterocycles. The van der Waals surface area contributed by atoms with Gasteiger partial charge in [0.25, 0.3) is 0 Å². The summed E-state index contributed by atoms with van der Waals surface area (Å²) in [4.78, 5) is 10.4.